The van der Waals surface area contributed by atoms with E-state index in [-0.39, 0.29) is 11.9 Å². The fourth-order valence-corrected chi connectivity index (χ4v) is 2.99. The number of amides is 1. The lowest BCUT2D eigenvalue weighted by molar-refractivity contribution is 0.0930. The monoisotopic (exact) mass is 329 g/mol. The molecule has 1 aliphatic heterocycles. The molecule has 0 aromatic carbocycles. The molecule has 1 fully saturated rings. The number of hydrogen-bond acceptors (Lipinski definition) is 6. The predicted molar refractivity (Wildman–Crippen MR) is 90.8 cm³/mol. The van der Waals surface area contributed by atoms with Crippen LogP contribution in [0.25, 0.3) is 0 Å². The molecule has 2 aromatic rings. The van der Waals surface area contributed by atoms with Crippen LogP contribution in [0.5, 0.6) is 0 Å². The Hall–Kier alpha value is -2.41. The van der Waals surface area contributed by atoms with Gasteiger partial charge >= 0.3 is 0 Å². The number of anilines is 1. The van der Waals surface area contributed by atoms with Crippen LogP contribution >= 0.6 is 0 Å². The molecule has 128 valence electrons. The van der Waals surface area contributed by atoms with Gasteiger partial charge in [0, 0.05) is 30.9 Å². The molecule has 0 aliphatic carbocycles. The Bertz CT molecular complexity index is 699. The number of aryl methyl sites for hydroxylation is 2. The van der Waals surface area contributed by atoms with Gasteiger partial charge in [-0.05, 0) is 32.8 Å². The highest BCUT2D eigenvalue weighted by Gasteiger charge is 2.23. The number of carbonyl (C=O) groups is 1. The highest BCUT2D eigenvalue weighted by Crippen LogP contribution is 2.19. The van der Waals surface area contributed by atoms with Crippen molar-refractivity contribution in [2.45, 2.75) is 39.3 Å². The number of aromatic nitrogens is 2. The van der Waals surface area contributed by atoms with E-state index in [1.165, 1.54) is 6.26 Å². The summed E-state index contributed by atoms with van der Waals surface area (Å²) in [6.07, 6.45) is 3.23. The minimum absolute atomic E-state index is 0.106. The molecule has 1 saturated heterocycles. The first-order valence-corrected chi connectivity index (χ1v) is 8.20. The second-order valence-corrected chi connectivity index (χ2v) is 6.16. The van der Waals surface area contributed by atoms with E-state index >= 15 is 0 Å². The largest absolute Gasteiger partial charge is 0.467 e. The predicted octanol–water partition coefficient (Wildman–Crippen LogP) is 1.54. The van der Waals surface area contributed by atoms with Gasteiger partial charge in [0.05, 0.1) is 12.1 Å². The van der Waals surface area contributed by atoms with Crippen LogP contribution in [-0.4, -0.2) is 35.0 Å². The second-order valence-electron chi connectivity index (χ2n) is 6.16. The molecule has 0 saturated carbocycles. The van der Waals surface area contributed by atoms with Crippen molar-refractivity contribution in [1.82, 2.24) is 15.3 Å². The summed E-state index contributed by atoms with van der Waals surface area (Å²) in [5.74, 6) is 2.26. The van der Waals surface area contributed by atoms with Crippen LogP contribution in [0.2, 0.25) is 0 Å². The number of piperidine rings is 1. The molecule has 7 heteroatoms. The van der Waals surface area contributed by atoms with E-state index in [1.54, 1.807) is 6.07 Å². The van der Waals surface area contributed by atoms with Gasteiger partial charge in [0.1, 0.15) is 23.7 Å². The molecule has 0 unspecified atom stereocenters. The van der Waals surface area contributed by atoms with Gasteiger partial charge < -0.3 is 20.4 Å². The van der Waals surface area contributed by atoms with Gasteiger partial charge in [0.15, 0.2) is 0 Å². The zero-order valence-electron chi connectivity index (χ0n) is 14.1. The SMILES string of the molecule is Cc1cc(N2CCC(NC(=O)c3coc(CN)c3)CC2)nc(C)n1. The third kappa shape index (κ3) is 3.73. The lowest BCUT2D eigenvalue weighted by atomic mass is 10.0. The molecule has 3 heterocycles. The third-order valence-electron chi connectivity index (χ3n) is 4.22. The smallest absolute Gasteiger partial charge is 0.254 e. The summed E-state index contributed by atoms with van der Waals surface area (Å²) in [5, 5.41) is 3.07. The summed E-state index contributed by atoms with van der Waals surface area (Å²) in [6.45, 7) is 5.90. The van der Waals surface area contributed by atoms with E-state index in [2.05, 4.69) is 20.2 Å². The maximum absolute atomic E-state index is 12.2. The molecule has 24 heavy (non-hydrogen) atoms. The molecule has 3 N–H and O–H groups in total. The molecular formula is C17H23N5O2. The Labute approximate surface area is 141 Å². The molecule has 7 nitrogen and oxygen atoms in total. The number of rotatable bonds is 4. The maximum atomic E-state index is 12.2. The molecule has 0 bridgehead atoms. The summed E-state index contributed by atoms with van der Waals surface area (Å²) in [5.41, 5.74) is 7.00. The first-order valence-electron chi connectivity index (χ1n) is 8.20. The number of carbonyl (C=O) groups excluding carboxylic acids is 1. The van der Waals surface area contributed by atoms with Crippen molar-refractivity contribution in [2.75, 3.05) is 18.0 Å². The van der Waals surface area contributed by atoms with Crippen LogP contribution in [0.4, 0.5) is 5.82 Å². The summed E-state index contributed by atoms with van der Waals surface area (Å²) >= 11 is 0. The Balaban J connectivity index is 1.56. The molecule has 2 aromatic heterocycles. The molecule has 1 aliphatic rings. The van der Waals surface area contributed by atoms with Gasteiger partial charge in [0.2, 0.25) is 0 Å². The average Bonchev–Trinajstić information content (AvgIpc) is 3.04. The number of nitrogens with zero attached hydrogens (tertiary/aromatic N) is 3. The highest BCUT2D eigenvalue weighted by atomic mass is 16.3. The van der Waals surface area contributed by atoms with Crippen molar-refractivity contribution in [1.29, 1.82) is 0 Å². The van der Waals surface area contributed by atoms with Crippen LogP contribution in [-0.2, 0) is 6.54 Å². The first-order chi connectivity index (χ1) is 11.5. The van der Waals surface area contributed by atoms with Crippen molar-refractivity contribution < 1.29 is 9.21 Å². The van der Waals surface area contributed by atoms with Crippen molar-refractivity contribution in [2.24, 2.45) is 5.73 Å². The van der Waals surface area contributed by atoms with Gasteiger partial charge in [-0.3, -0.25) is 4.79 Å². The topological polar surface area (TPSA) is 97.3 Å². The number of nitrogens with two attached hydrogens (primary N) is 1. The van der Waals surface area contributed by atoms with Crippen molar-refractivity contribution in [3.63, 3.8) is 0 Å². The van der Waals surface area contributed by atoms with Gasteiger partial charge in [-0.15, -0.1) is 0 Å². The van der Waals surface area contributed by atoms with Crippen LogP contribution < -0.4 is 16.0 Å². The molecule has 0 spiro atoms. The van der Waals surface area contributed by atoms with Crippen LogP contribution in [0.15, 0.2) is 22.8 Å². The Morgan fingerprint density at radius 2 is 2.08 bits per heavy atom. The van der Waals surface area contributed by atoms with Gasteiger partial charge in [0.25, 0.3) is 5.91 Å². The standard InChI is InChI=1S/C17H23N5O2/c1-11-7-16(20-12(2)19-11)22-5-3-14(4-6-22)21-17(23)13-8-15(9-18)24-10-13/h7-8,10,14H,3-6,9,18H2,1-2H3,(H,21,23). The molecular weight excluding hydrogens is 306 g/mol. The van der Waals surface area contributed by atoms with Crippen LogP contribution in [0.1, 0.15) is 40.5 Å². The van der Waals surface area contributed by atoms with E-state index in [4.69, 9.17) is 10.2 Å². The van der Waals surface area contributed by atoms with E-state index in [1.807, 2.05) is 19.9 Å². The van der Waals surface area contributed by atoms with Crippen LogP contribution in [0.3, 0.4) is 0 Å². The van der Waals surface area contributed by atoms with Crippen molar-refractivity contribution in [3.8, 4) is 0 Å². The Morgan fingerprint density at radius 3 is 2.71 bits per heavy atom. The second kappa shape index (κ2) is 7.00. The summed E-state index contributed by atoms with van der Waals surface area (Å²) in [7, 11) is 0. The van der Waals surface area contributed by atoms with Gasteiger partial charge in [-0.1, -0.05) is 0 Å². The fraction of sp³-hybridized carbons (Fsp3) is 0.471. The van der Waals surface area contributed by atoms with E-state index < -0.39 is 0 Å². The molecule has 0 atom stereocenters. The molecule has 0 radical (unpaired) electrons. The molecule has 3 rings (SSSR count). The number of furan rings is 1. The van der Waals surface area contributed by atoms with E-state index in [9.17, 15) is 4.79 Å². The van der Waals surface area contributed by atoms with Gasteiger partial charge in [-0.2, -0.15) is 0 Å². The first kappa shape index (κ1) is 16.4. The lowest BCUT2D eigenvalue weighted by Gasteiger charge is -2.33. The third-order valence-corrected chi connectivity index (χ3v) is 4.22. The zero-order valence-corrected chi connectivity index (χ0v) is 14.1. The average molecular weight is 329 g/mol. The highest BCUT2D eigenvalue weighted by molar-refractivity contribution is 5.94. The summed E-state index contributed by atoms with van der Waals surface area (Å²) in [4.78, 5) is 23.3. The Morgan fingerprint density at radius 1 is 1.33 bits per heavy atom. The molecule has 1 amide bonds. The van der Waals surface area contributed by atoms with E-state index in [0.717, 1.165) is 43.3 Å². The quantitative estimate of drug-likeness (QED) is 0.883. The van der Waals surface area contributed by atoms with Crippen molar-refractivity contribution in [3.05, 3.63) is 41.2 Å². The Kier molecular flexibility index (Phi) is 4.80. The number of hydrogen-bond donors (Lipinski definition) is 2. The normalized spacial score (nSPS) is 15.5. The minimum Gasteiger partial charge on any atom is -0.467 e. The minimum atomic E-state index is -0.106. The zero-order chi connectivity index (χ0) is 17.1. The summed E-state index contributed by atoms with van der Waals surface area (Å²) < 4.78 is 5.21. The van der Waals surface area contributed by atoms with Gasteiger partial charge in [-0.25, -0.2) is 9.97 Å². The van der Waals surface area contributed by atoms with Crippen molar-refractivity contribution >= 4 is 11.7 Å². The van der Waals surface area contributed by atoms with E-state index in [0.29, 0.717) is 17.9 Å². The lowest BCUT2D eigenvalue weighted by Crippen LogP contribution is -2.45. The van der Waals surface area contributed by atoms with Crippen LogP contribution in [0, 0.1) is 13.8 Å². The maximum Gasteiger partial charge on any atom is 0.254 e. The number of nitrogens with one attached hydrogen (secondary N) is 1. The summed E-state index contributed by atoms with van der Waals surface area (Å²) in [6, 6.07) is 3.86. The fourth-order valence-electron chi connectivity index (χ4n) is 2.99.